The van der Waals surface area contributed by atoms with E-state index in [4.69, 9.17) is 0 Å². The molecular formula is C5H7O3. The van der Waals surface area contributed by atoms with Gasteiger partial charge in [0, 0.05) is 0 Å². The summed E-state index contributed by atoms with van der Waals surface area (Å²) in [4.78, 5) is 10.0. The summed E-state index contributed by atoms with van der Waals surface area (Å²) in [5.41, 5.74) is 0. The molecule has 0 rings (SSSR count). The number of carbonyl (C=O) groups is 1. The van der Waals surface area contributed by atoms with Crippen LogP contribution in [0.4, 0.5) is 4.79 Å². The highest BCUT2D eigenvalue weighted by Crippen LogP contribution is 1.85. The fourth-order valence-electron chi connectivity index (χ4n) is 0.152. The van der Waals surface area contributed by atoms with Gasteiger partial charge in [-0.15, -0.1) is 0 Å². The highest BCUT2D eigenvalue weighted by atomic mass is 16.7. The molecule has 0 saturated heterocycles. The van der Waals surface area contributed by atoms with Crippen LogP contribution in [0.25, 0.3) is 0 Å². The molecule has 0 atom stereocenters. The summed E-state index contributed by atoms with van der Waals surface area (Å²) < 4.78 is 8.35. The van der Waals surface area contributed by atoms with Gasteiger partial charge in [-0.05, 0) is 6.08 Å². The van der Waals surface area contributed by atoms with Crippen molar-refractivity contribution in [2.75, 3.05) is 7.11 Å². The molecule has 0 saturated carbocycles. The number of hydrogen-bond acceptors (Lipinski definition) is 3. The zero-order chi connectivity index (χ0) is 6.41. The Kier molecular flexibility index (Phi) is 3.66. The third kappa shape index (κ3) is 3.21. The number of hydrogen-bond donors (Lipinski definition) is 0. The molecule has 0 aliphatic heterocycles. The van der Waals surface area contributed by atoms with Crippen molar-refractivity contribution >= 4 is 6.16 Å². The molecule has 0 aromatic rings. The lowest BCUT2D eigenvalue weighted by atomic mass is 10.7. The monoisotopic (exact) mass is 115 g/mol. The van der Waals surface area contributed by atoms with Crippen LogP contribution in [0.15, 0.2) is 12.7 Å². The van der Waals surface area contributed by atoms with Gasteiger partial charge in [-0.25, -0.2) is 4.79 Å². The van der Waals surface area contributed by atoms with Crippen LogP contribution in [0.2, 0.25) is 0 Å². The van der Waals surface area contributed by atoms with E-state index in [-0.39, 0.29) is 0 Å². The average Bonchev–Trinajstić information content (AvgIpc) is 1.83. The molecule has 0 bridgehead atoms. The van der Waals surface area contributed by atoms with Gasteiger partial charge in [0.1, 0.15) is 0 Å². The molecule has 3 heteroatoms. The molecule has 1 radical (unpaired) electrons. The summed E-state index contributed by atoms with van der Waals surface area (Å²) >= 11 is 0. The van der Waals surface area contributed by atoms with Crippen molar-refractivity contribution < 1.29 is 14.3 Å². The van der Waals surface area contributed by atoms with Crippen molar-refractivity contribution in [2.45, 2.75) is 0 Å². The third-order valence-corrected chi connectivity index (χ3v) is 0.427. The first-order valence-electron chi connectivity index (χ1n) is 2.00. The van der Waals surface area contributed by atoms with Gasteiger partial charge in [-0.1, -0.05) is 6.58 Å². The van der Waals surface area contributed by atoms with Crippen LogP contribution in [0, 0.1) is 6.61 Å². The molecule has 0 amide bonds. The smallest absolute Gasteiger partial charge is 0.438 e. The first-order valence-corrected chi connectivity index (χ1v) is 2.00. The van der Waals surface area contributed by atoms with E-state index >= 15 is 0 Å². The molecule has 0 aliphatic carbocycles. The maximum absolute atomic E-state index is 10.0. The van der Waals surface area contributed by atoms with Crippen LogP contribution >= 0.6 is 0 Å². The van der Waals surface area contributed by atoms with Crippen LogP contribution in [0.5, 0.6) is 0 Å². The largest absolute Gasteiger partial charge is 0.508 e. The quantitative estimate of drug-likeness (QED) is 0.506. The summed E-state index contributed by atoms with van der Waals surface area (Å²) in [5.74, 6) is 0. The topological polar surface area (TPSA) is 35.5 Å². The fraction of sp³-hybridized carbons (Fsp3) is 0.200. The zero-order valence-corrected chi connectivity index (χ0v) is 4.59. The van der Waals surface area contributed by atoms with Gasteiger partial charge in [-0.3, -0.25) is 0 Å². The summed E-state index contributed by atoms with van der Waals surface area (Å²) in [5, 5.41) is 0. The molecule has 0 aromatic heterocycles. The summed E-state index contributed by atoms with van der Waals surface area (Å²) in [6.45, 7) is 4.42. The molecule has 3 nitrogen and oxygen atoms in total. The van der Waals surface area contributed by atoms with E-state index in [1.807, 2.05) is 0 Å². The Morgan fingerprint density at radius 3 is 2.75 bits per heavy atom. The van der Waals surface area contributed by atoms with E-state index in [9.17, 15) is 4.79 Å². The first-order chi connectivity index (χ1) is 3.81. The normalized spacial score (nSPS) is 7.62. The molecule has 0 unspecified atom stereocenters. The standard InChI is InChI=1S/C5H7O3/c1-3-4-8-5(6)7-2/h3-4H,1H2,2H3. The third-order valence-electron chi connectivity index (χ3n) is 0.427. The number of rotatable bonds is 2. The zero-order valence-electron chi connectivity index (χ0n) is 4.59. The Morgan fingerprint density at radius 1 is 1.75 bits per heavy atom. The fourth-order valence-corrected chi connectivity index (χ4v) is 0.152. The Balaban J connectivity index is 3.11. The lowest BCUT2D eigenvalue weighted by molar-refractivity contribution is 0.0974. The number of ether oxygens (including phenoxy) is 2. The molecule has 45 valence electrons. The predicted molar refractivity (Wildman–Crippen MR) is 28.0 cm³/mol. The molecule has 0 heterocycles. The van der Waals surface area contributed by atoms with Gasteiger partial charge in [-0.2, -0.15) is 0 Å². The summed E-state index contributed by atoms with van der Waals surface area (Å²) in [6.07, 6.45) is 0.613. The Bertz CT molecular complexity index is 87.7. The summed E-state index contributed by atoms with van der Waals surface area (Å²) in [7, 11) is 1.24. The van der Waals surface area contributed by atoms with Crippen LogP contribution < -0.4 is 0 Å². The number of carbonyl (C=O) groups excluding carboxylic acids is 1. The van der Waals surface area contributed by atoms with Crippen LogP contribution in [-0.2, 0) is 9.47 Å². The van der Waals surface area contributed by atoms with E-state index in [1.165, 1.54) is 13.2 Å². The van der Waals surface area contributed by atoms with E-state index in [0.717, 1.165) is 6.61 Å². The van der Waals surface area contributed by atoms with Crippen LogP contribution in [-0.4, -0.2) is 13.3 Å². The highest BCUT2D eigenvalue weighted by Gasteiger charge is 1.94. The van der Waals surface area contributed by atoms with E-state index in [2.05, 4.69) is 16.1 Å². The first kappa shape index (κ1) is 7.01. The minimum absolute atomic E-state index is 0.732. The van der Waals surface area contributed by atoms with Crippen LogP contribution in [0.1, 0.15) is 0 Å². The van der Waals surface area contributed by atoms with Crippen molar-refractivity contribution in [3.05, 3.63) is 19.3 Å². The Hall–Kier alpha value is -0.990. The van der Waals surface area contributed by atoms with Crippen LogP contribution in [0.3, 0.4) is 0 Å². The van der Waals surface area contributed by atoms with Gasteiger partial charge in [0.25, 0.3) is 0 Å². The van der Waals surface area contributed by atoms with Crippen molar-refractivity contribution in [3.63, 3.8) is 0 Å². The second kappa shape index (κ2) is 4.18. The molecule has 0 aliphatic rings. The maximum Gasteiger partial charge on any atom is 0.508 e. The SMILES string of the molecule is C=C[CH]OC(=O)OC. The summed E-state index contributed by atoms with van der Waals surface area (Å²) in [6, 6.07) is 0. The lowest BCUT2D eigenvalue weighted by Crippen LogP contribution is -1.99. The van der Waals surface area contributed by atoms with Crippen molar-refractivity contribution in [1.29, 1.82) is 0 Å². The van der Waals surface area contributed by atoms with Gasteiger partial charge in [0.05, 0.1) is 7.11 Å². The highest BCUT2D eigenvalue weighted by molar-refractivity contribution is 5.60. The average molecular weight is 115 g/mol. The molecule has 0 spiro atoms. The van der Waals surface area contributed by atoms with Gasteiger partial charge in [0.15, 0.2) is 6.61 Å². The second-order valence-corrected chi connectivity index (χ2v) is 0.944. The minimum Gasteiger partial charge on any atom is -0.438 e. The van der Waals surface area contributed by atoms with Gasteiger partial charge in [0.2, 0.25) is 0 Å². The predicted octanol–water partition coefficient (Wildman–Crippen LogP) is 1.12. The van der Waals surface area contributed by atoms with Crippen molar-refractivity contribution in [2.24, 2.45) is 0 Å². The molecular weight excluding hydrogens is 108 g/mol. The molecule has 8 heavy (non-hydrogen) atoms. The van der Waals surface area contributed by atoms with Gasteiger partial charge < -0.3 is 9.47 Å². The van der Waals surface area contributed by atoms with Crippen molar-refractivity contribution in [3.8, 4) is 0 Å². The molecule has 0 N–H and O–H groups in total. The maximum atomic E-state index is 10.0. The Labute approximate surface area is 47.9 Å². The van der Waals surface area contributed by atoms with E-state index in [0.29, 0.717) is 0 Å². The Morgan fingerprint density at radius 2 is 2.38 bits per heavy atom. The second-order valence-electron chi connectivity index (χ2n) is 0.944. The van der Waals surface area contributed by atoms with E-state index < -0.39 is 6.16 Å². The van der Waals surface area contributed by atoms with E-state index in [1.54, 1.807) is 0 Å². The minimum atomic E-state index is -0.732. The lowest BCUT2D eigenvalue weighted by Gasteiger charge is -1.94. The van der Waals surface area contributed by atoms with Crippen molar-refractivity contribution in [1.82, 2.24) is 0 Å². The number of methoxy groups -OCH3 is 1. The van der Waals surface area contributed by atoms with Gasteiger partial charge >= 0.3 is 6.16 Å². The molecule has 0 aromatic carbocycles. The molecule has 0 fully saturated rings.